The molecular weight excluding hydrogens is 458 g/mol. The topological polar surface area (TPSA) is 65.0 Å². The lowest BCUT2D eigenvalue weighted by Gasteiger charge is -2.59. The molecule has 0 aromatic heterocycles. The van der Waals surface area contributed by atoms with E-state index in [9.17, 15) is 9.90 Å². The molecule has 31 heavy (non-hydrogen) atoms. The van der Waals surface area contributed by atoms with Gasteiger partial charge in [-0.1, -0.05) is 28.1 Å². The molecule has 4 rings (SSSR count). The number of methoxy groups -OCH3 is 1. The number of fused-ring (bicyclic) bond motifs is 1. The average molecular weight is 488 g/mol. The second kappa shape index (κ2) is 9.59. The van der Waals surface area contributed by atoms with Crippen LogP contribution in [-0.4, -0.2) is 65.9 Å². The number of carbonyl (C=O) groups excluding carboxylic acids is 1. The van der Waals surface area contributed by atoms with Gasteiger partial charge in [-0.05, 0) is 61.7 Å². The normalized spacial score (nSPS) is 26.3. The first-order valence-electron chi connectivity index (χ1n) is 10.9. The average Bonchev–Trinajstić information content (AvgIpc) is 2.75. The van der Waals surface area contributed by atoms with E-state index in [0.717, 1.165) is 35.3 Å². The molecule has 2 aromatic rings. The van der Waals surface area contributed by atoms with E-state index in [4.69, 9.17) is 4.74 Å². The zero-order valence-corrected chi connectivity index (χ0v) is 19.6. The molecule has 2 amide bonds. The van der Waals surface area contributed by atoms with Crippen molar-refractivity contribution >= 4 is 27.6 Å². The smallest absolute Gasteiger partial charge is 0.321 e. The number of anilines is 1. The number of urea groups is 1. The Balaban J connectivity index is 1.53. The number of halogens is 1. The second-order valence-corrected chi connectivity index (χ2v) is 9.35. The summed E-state index contributed by atoms with van der Waals surface area (Å²) in [4.78, 5) is 17.4. The van der Waals surface area contributed by atoms with Gasteiger partial charge in [0, 0.05) is 47.3 Å². The summed E-state index contributed by atoms with van der Waals surface area (Å²) in [6.45, 7) is 3.73. The van der Waals surface area contributed by atoms with Crippen LogP contribution in [-0.2, 0) is 0 Å². The van der Waals surface area contributed by atoms with Crippen LogP contribution < -0.4 is 10.1 Å². The number of amides is 2. The number of aliphatic hydroxyl groups is 1. The van der Waals surface area contributed by atoms with Gasteiger partial charge in [0.2, 0.25) is 0 Å². The highest BCUT2D eigenvalue weighted by Gasteiger charge is 2.51. The van der Waals surface area contributed by atoms with E-state index in [-0.39, 0.29) is 30.6 Å². The molecule has 2 fully saturated rings. The lowest BCUT2D eigenvalue weighted by atomic mass is 9.73. The van der Waals surface area contributed by atoms with Crippen molar-refractivity contribution < 1.29 is 14.6 Å². The number of hydrogen-bond acceptors (Lipinski definition) is 4. The molecule has 2 saturated heterocycles. The number of aliphatic hydroxyl groups excluding tert-OH is 1. The van der Waals surface area contributed by atoms with Crippen molar-refractivity contribution in [3.8, 4) is 5.75 Å². The SMILES string of the molecule is COc1ccc(NC(=O)N2CCCC(C)N3[C@H](CO)[C@H](c4ccc(Br)cc4)[C@@H]3C2)cc1. The van der Waals surface area contributed by atoms with Crippen molar-refractivity contribution in [1.29, 1.82) is 0 Å². The molecule has 1 unspecified atom stereocenters. The lowest BCUT2D eigenvalue weighted by Crippen LogP contribution is -2.70. The lowest BCUT2D eigenvalue weighted by molar-refractivity contribution is -0.0854. The zero-order valence-electron chi connectivity index (χ0n) is 18.0. The summed E-state index contributed by atoms with van der Waals surface area (Å²) in [6, 6.07) is 16.3. The minimum absolute atomic E-state index is 0.0818. The number of carbonyl (C=O) groups is 1. The Morgan fingerprint density at radius 2 is 1.90 bits per heavy atom. The highest BCUT2D eigenvalue weighted by Crippen LogP contribution is 2.44. The predicted octanol–water partition coefficient (Wildman–Crippen LogP) is 4.30. The van der Waals surface area contributed by atoms with Gasteiger partial charge in [0.15, 0.2) is 0 Å². The van der Waals surface area contributed by atoms with Crippen molar-refractivity contribution in [2.24, 2.45) is 0 Å². The van der Waals surface area contributed by atoms with Crippen LogP contribution in [0.3, 0.4) is 0 Å². The van der Waals surface area contributed by atoms with Crippen molar-refractivity contribution in [2.75, 3.05) is 32.1 Å². The summed E-state index contributed by atoms with van der Waals surface area (Å²) in [7, 11) is 1.63. The molecule has 2 heterocycles. The van der Waals surface area contributed by atoms with E-state index in [1.54, 1.807) is 7.11 Å². The minimum Gasteiger partial charge on any atom is -0.497 e. The molecule has 2 aromatic carbocycles. The Morgan fingerprint density at radius 1 is 1.19 bits per heavy atom. The summed E-state index contributed by atoms with van der Waals surface area (Å²) in [6.07, 6.45) is 1.95. The highest BCUT2D eigenvalue weighted by molar-refractivity contribution is 9.10. The first kappa shape index (κ1) is 22.1. The molecule has 0 aliphatic carbocycles. The highest BCUT2D eigenvalue weighted by atomic mass is 79.9. The predicted molar refractivity (Wildman–Crippen MR) is 126 cm³/mol. The number of nitrogens with one attached hydrogen (secondary N) is 1. The van der Waals surface area contributed by atoms with Crippen LogP contribution in [0.2, 0.25) is 0 Å². The first-order chi connectivity index (χ1) is 15.0. The maximum absolute atomic E-state index is 13.1. The van der Waals surface area contributed by atoms with E-state index < -0.39 is 0 Å². The van der Waals surface area contributed by atoms with Crippen molar-refractivity contribution in [3.05, 3.63) is 58.6 Å². The van der Waals surface area contributed by atoms with Crippen molar-refractivity contribution in [1.82, 2.24) is 9.80 Å². The fourth-order valence-corrected chi connectivity index (χ4v) is 5.34. The summed E-state index contributed by atoms with van der Waals surface area (Å²) in [5.74, 6) is 0.964. The minimum atomic E-state index is -0.0818. The maximum Gasteiger partial charge on any atom is 0.321 e. The van der Waals surface area contributed by atoms with E-state index in [2.05, 4.69) is 45.2 Å². The molecule has 6 nitrogen and oxygen atoms in total. The molecule has 0 bridgehead atoms. The van der Waals surface area contributed by atoms with Gasteiger partial charge in [0.1, 0.15) is 5.75 Å². The van der Waals surface area contributed by atoms with Gasteiger partial charge >= 0.3 is 6.03 Å². The Hall–Kier alpha value is -2.09. The Bertz CT molecular complexity index is 890. The Morgan fingerprint density at radius 3 is 2.55 bits per heavy atom. The van der Waals surface area contributed by atoms with E-state index in [1.807, 2.05) is 41.3 Å². The van der Waals surface area contributed by atoms with Crippen LogP contribution >= 0.6 is 15.9 Å². The molecule has 2 aliphatic rings. The maximum atomic E-state index is 13.1. The molecule has 7 heteroatoms. The third-order valence-electron chi connectivity index (χ3n) is 6.63. The van der Waals surface area contributed by atoms with Gasteiger partial charge in [-0.25, -0.2) is 4.79 Å². The molecule has 0 saturated carbocycles. The number of benzene rings is 2. The van der Waals surface area contributed by atoms with E-state index in [1.165, 1.54) is 5.56 Å². The zero-order chi connectivity index (χ0) is 22.0. The summed E-state index contributed by atoms with van der Waals surface area (Å²) >= 11 is 3.51. The first-order valence-corrected chi connectivity index (χ1v) is 11.6. The largest absolute Gasteiger partial charge is 0.497 e. The third kappa shape index (κ3) is 4.59. The number of rotatable bonds is 4. The van der Waals surface area contributed by atoms with Crippen LogP contribution in [0.4, 0.5) is 10.5 Å². The molecule has 0 spiro atoms. The standard InChI is InChI=1S/C24H30BrN3O3/c1-16-4-3-13-27(24(30)26-19-9-11-20(31-2)12-10-19)14-21-23(22(15-29)28(16)21)17-5-7-18(25)8-6-17/h5-12,16,21-23,29H,3-4,13-15H2,1-2H3,(H,26,30)/t16?,21-,22+,23+/m0/s1. The van der Waals surface area contributed by atoms with Crippen LogP contribution in [0.15, 0.2) is 53.0 Å². The van der Waals surface area contributed by atoms with Crippen molar-refractivity contribution in [2.45, 2.75) is 43.8 Å². The fraction of sp³-hybridized carbons (Fsp3) is 0.458. The molecular formula is C24H30BrN3O3. The Labute approximate surface area is 192 Å². The fourth-order valence-electron chi connectivity index (χ4n) is 5.08. The number of hydrogen-bond donors (Lipinski definition) is 2. The van der Waals surface area contributed by atoms with Crippen LogP contribution in [0.25, 0.3) is 0 Å². The summed E-state index contributed by atoms with van der Waals surface area (Å²) in [5, 5.41) is 13.2. The monoisotopic (exact) mass is 487 g/mol. The van der Waals surface area contributed by atoms with Gasteiger partial charge in [-0.2, -0.15) is 0 Å². The van der Waals surface area contributed by atoms with Gasteiger partial charge in [0.25, 0.3) is 0 Å². The van der Waals surface area contributed by atoms with Crippen LogP contribution in [0.1, 0.15) is 31.2 Å². The van der Waals surface area contributed by atoms with Crippen molar-refractivity contribution in [3.63, 3.8) is 0 Å². The third-order valence-corrected chi connectivity index (χ3v) is 7.16. The van der Waals surface area contributed by atoms with Gasteiger partial charge in [-0.3, -0.25) is 4.90 Å². The van der Waals surface area contributed by atoms with Crippen LogP contribution in [0, 0.1) is 0 Å². The van der Waals surface area contributed by atoms with Crippen LogP contribution in [0.5, 0.6) is 5.75 Å². The summed E-state index contributed by atoms with van der Waals surface area (Å²) < 4.78 is 6.24. The number of nitrogens with zero attached hydrogens (tertiary/aromatic N) is 2. The van der Waals surface area contributed by atoms with E-state index in [0.29, 0.717) is 12.6 Å². The van der Waals surface area contributed by atoms with E-state index >= 15 is 0 Å². The molecule has 4 atom stereocenters. The number of ether oxygens (including phenoxy) is 1. The molecule has 2 N–H and O–H groups in total. The van der Waals surface area contributed by atoms with Gasteiger partial charge in [-0.15, -0.1) is 0 Å². The molecule has 2 aliphatic heterocycles. The second-order valence-electron chi connectivity index (χ2n) is 8.44. The Kier molecular flexibility index (Phi) is 6.84. The molecule has 0 radical (unpaired) electrons. The van der Waals surface area contributed by atoms with Gasteiger partial charge in [0.05, 0.1) is 13.7 Å². The quantitative estimate of drug-likeness (QED) is 0.674. The summed E-state index contributed by atoms with van der Waals surface area (Å²) in [5.41, 5.74) is 1.97. The molecule has 166 valence electrons. The van der Waals surface area contributed by atoms with Gasteiger partial charge < -0.3 is 20.1 Å².